The lowest BCUT2D eigenvalue weighted by molar-refractivity contribution is 0.0488. The molecule has 4 heteroatoms. The number of carbonyl (C=O) groups is 1. The van der Waals surface area contributed by atoms with Gasteiger partial charge in [-0.2, -0.15) is 0 Å². The molecule has 0 radical (unpaired) electrons. The van der Waals surface area contributed by atoms with Crippen LogP contribution >= 0.6 is 0 Å². The molecule has 0 atom stereocenters. The fourth-order valence-electron chi connectivity index (χ4n) is 4.13. The van der Waals surface area contributed by atoms with E-state index < -0.39 is 5.60 Å². The predicted molar refractivity (Wildman–Crippen MR) is 143 cm³/mol. The van der Waals surface area contributed by atoms with E-state index in [1.807, 2.05) is 0 Å². The number of ether oxygens (including phenoxy) is 2. The number of Topliss-reactive ketones (excluding diaryl/α,β-unsaturated/α-hetero) is 1. The summed E-state index contributed by atoms with van der Waals surface area (Å²) in [7, 11) is 0. The third kappa shape index (κ3) is 16.3. The molecule has 1 aromatic carbocycles. The van der Waals surface area contributed by atoms with Gasteiger partial charge < -0.3 is 14.6 Å². The van der Waals surface area contributed by atoms with Gasteiger partial charge in [-0.15, -0.1) is 0 Å². The average molecular weight is 477 g/mol. The van der Waals surface area contributed by atoms with Gasteiger partial charge in [-0.25, -0.2) is 0 Å². The van der Waals surface area contributed by atoms with E-state index in [1.165, 1.54) is 110 Å². The molecule has 0 fully saturated rings. The van der Waals surface area contributed by atoms with Gasteiger partial charge in [-0.05, 0) is 44.5 Å². The molecule has 0 aliphatic heterocycles. The van der Waals surface area contributed by atoms with Crippen LogP contribution in [-0.2, 0) is 4.74 Å². The standard InChI is InChI=1S/C30H52O4/c1-4-5-6-7-8-9-10-11-12-13-14-15-16-17-18-19-24-33-25-26-34-28-22-20-27(21-23-28)29(31)30(2,3)32/h20-23,32H,4-19,24-26H2,1-3H3. The van der Waals surface area contributed by atoms with Crippen molar-refractivity contribution in [1.82, 2.24) is 0 Å². The largest absolute Gasteiger partial charge is 0.491 e. The minimum atomic E-state index is -1.36. The van der Waals surface area contributed by atoms with Gasteiger partial charge >= 0.3 is 0 Å². The molecule has 0 spiro atoms. The van der Waals surface area contributed by atoms with Crippen molar-refractivity contribution in [3.05, 3.63) is 29.8 Å². The highest BCUT2D eigenvalue weighted by atomic mass is 16.5. The first kappa shape index (κ1) is 30.6. The van der Waals surface area contributed by atoms with Crippen molar-refractivity contribution in [2.24, 2.45) is 0 Å². The van der Waals surface area contributed by atoms with Gasteiger partial charge in [0.05, 0.1) is 6.61 Å². The van der Waals surface area contributed by atoms with Gasteiger partial charge in [0.25, 0.3) is 0 Å². The molecule has 0 aliphatic rings. The van der Waals surface area contributed by atoms with Crippen LogP contribution in [0.25, 0.3) is 0 Å². The second-order valence-electron chi connectivity index (χ2n) is 10.2. The van der Waals surface area contributed by atoms with Crippen molar-refractivity contribution >= 4 is 5.78 Å². The van der Waals surface area contributed by atoms with Crippen molar-refractivity contribution in [2.75, 3.05) is 19.8 Å². The Hall–Kier alpha value is -1.39. The first-order valence-corrected chi connectivity index (χ1v) is 14.0. The molecule has 0 amide bonds. The van der Waals surface area contributed by atoms with Crippen LogP contribution in [0, 0.1) is 0 Å². The Morgan fingerprint density at radius 3 is 1.56 bits per heavy atom. The molecule has 1 aromatic rings. The van der Waals surface area contributed by atoms with E-state index in [1.54, 1.807) is 24.3 Å². The van der Waals surface area contributed by atoms with E-state index in [2.05, 4.69) is 6.92 Å². The number of unbranched alkanes of at least 4 members (excludes halogenated alkanes) is 15. The molecule has 0 unspecified atom stereocenters. The highest BCUT2D eigenvalue weighted by Gasteiger charge is 2.24. The number of ketones is 1. The van der Waals surface area contributed by atoms with Gasteiger partial charge in [0.1, 0.15) is 18.0 Å². The first-order chi connectivity index (χ1) is 16.4. The summed E-state index contributed by atoms with van der Waals surface area (Å²) < 4.78 is 11.3. The molecule has 0 aromatic heterocycles. The van der Waals surface area contributed by atoms with Crippen molar-refractivity contribution in [2.45, 2.75) is 129 Å². The van der Waals surface area contributed by atoms with Crippen molar-refractivity contribution in [3.8, 4) is 5.75 Å². The van der Waals surface area contributed by atoms with Crippen LogP contribution in [0.4, 0.5) is 0 Å². The Bertz CT molecular complexity index is 603. The summed E-state index contributed by atoms with van der Waals surface area (Å²) in [6.45, 7) is 7.14. The summed E-state index contributed by atoms with van der Waals surface area (Å²) in [4.78, 5) is 12.0. The van der Waals surface area contributed by atoms with Gasteiger partial charge in [0.2, 0.25) is 0 Å². The SMILES string of the molecule is CCCCCCCCCCCCCCCCCCOCCOc1ccc(C(=O)C(C)(C)O)cc1. The van der Waals surface area contributed by atoms with Crippen molar-refractivity contribution in [3.63, 3.8) is 0 Å². The van der Waals surface area contributed by atoms with E-state index in [0.717, 1.165) is 13.0 Å². The number of carbonyl (C=O) groups excluding carboxylic acids is 1. The quantitative estimate of drug-likeness (QED) is 0.127. The fourth-order valence-corrected chi connectivity index (χ4v) is 4.13. The number of hydrogen-bond acceptors (Lipinski definition) is 4. The maximum absolute atomic E-state index is 12.0. The van der Waals surface area contributed by atoms with Crippen molar-refractivity contribution < 1.29 is 19.4 Å². The Morgan fingerprint density at radius 1 is 0.676 bits per heavy atom. The van der Waals surface area contributed by atoms with E-state index in [4.69, 9.17) is 9.47 Å². The minimum absolute atomic E-state index is 0.291. The van der Waals surface area contributed by atoms with E-state index in [0.29, 0.717) is 24.5 Å². The molecule has 1 N–H and O–H groups in total. The smallest absolute Gasteiger partial charge is 0.193 e. The molecule has 34 heavy (non-hydrogen) atoms. The Balaban J connectivity index is 1.83. The molecule has 0 aliphatic carbocycles. The fraction of sp³-hybridized carbons (Fsp3) is 0.767. The molecular formula is C30H52O4. The number of aliphatic hydroxyl groups is 1. The van der Waals surface area contributed by atoms with Gasteiger partial charge in [-0.1, -0.05) is 103 Å². The molecule has 0 saturated heterocycles. The lowest BCUT2D eigenvalue weighted by Gasteiger charge is -2.15. The average Bonchev–Trinajstić information content (AvgIpc) is 2.82. The third-order valence-corrected chi connectivity index (χ3v) is 6.31. The maximum Gasteiger partial charge on any atom is 0.193 e. The zero-order chi connectivity index (χ0) is 24.9. The lowest BCUT2D eigenvalue weighted by atomic mass is 9.97. The summed E-state index contributed by atoms with van der Waals surface area (Å²) in [6.07, 6.45) is 22.0. The maximum atomic E-state index is 12.0. The van der Waals surface area contributed by atoms with Crippen LogP contribution in [0.2, 0.25) is 0 Å². The first-order valence-electron chi connectivity index (χ1n) is 14.0. The van der Waals surface area contributed by atoms with Crippen LogP contribution in [0.1, 0.15) is 134 Å². The van der Waals surface area contributed by atoms with Crippen LogP contribution < -0.4 is 4.74 Å². The van der Waals surface area contributed by atoms with E-state index in [9.17, 15) is 9.90 Å². The molecule has 4 nitrogen and oxygen atoms in total. The number of benzene rings is 1. The molecular weight excluding hydrogens is 424 g/mol. The highest BCUT2D eigenvalue weighted by molar-refractivity contribution is 6.01. The minimum Gasteiger partial charge on any atom is -0.491 e. The van der Waals surface area contributed by atoms with Crippen LogP contribution in [0.15, 0.2) is 24.3 Å². The highest BCUT2D eigenvalue weighted by Crippen LogP contribution is 2.17. The lowest BCUT2D eigenvalue weighted by Crippen LogP contribution is -2.30. The van der Waals surface area contributed by atoms with Gasteiger partial charge in [0.15, 0.2) is 5.78 Å². The summed E-state index contributed by atoms with van der Waals surface area (Å²) in [5, 5.41) is 9.80. The topological polar surface area (TPSA) is 55.8 Å². The van der Waals surface area contributed by atoms with E-state index >= 15 is 0 Å². The predicted octanol–water partition coefficient (Wildman–Crippen LogP) is 8.30. The molecule has 0 bridgehead atoms. The van der Waals surface area contributed by atoms with Crippen LogP contribution in [-0.4, -0.2) is 36.3 Å². The van der Waals surface area contributed by atoms with Crippen LogP contribution in [0.5, 0.6) is 5.75 Å². The molecule has 1 rings (SSSR count). The second kappa shape index (κ2) is 19.9. The summed E-state index contributed by atoms with van der Waals surface area (Å²) >= 11 is 0. The summed E-state index contributed by atoms with van der Waals surface area (Å²) in [5.74, 6) is 0.416. The normalized spacial score (nSPS) is 11.6. The second-order valence-corrected chi connectivity index (χ2v) is 10.2. The number of rotatable bonds is 23. The monoisotopic (exact) mass is 476 g/mol. The van der Waals surface area contributed by atoms with Gasteiger partial charge in [-0.3, -0.25) is 4.79 Å². The van der Waals surface area contributed by atoms with E-state index in [-0.39, 0.29) is 5.78 Å². The molecule has 0 heterocycles. The zero-order valence-electron chi connectivity index (χ0n) is 22.4. The molecule has 196 valence electrons. The Kier molecular flexibility index (Phi) is 17.9. The zero-order valence-corrected chi connectivity index (χ0v) is 22.4. The Morgan fingerprint density at radius 2 is 1.12 bits per heavy atom. The summed E-state index contributed by atoms with van der Waals surface area (Å²) in [6, 6.07) is 6.89. The summed E-state index contributed by atoms with van der Waals surface area (Å²) in [5.41, 5.74) is -0.873. The van der Waals surface area contributed by atoms with Gasteiger partial charge in [0, 0.05) is 12.2 Å². The van der Waals surface area contributed by atoms with Crippen LogP contribution in [0.3, 0.4) is 0 Å². The van der Waals surface area contributed by atoms with Crippen molar-refractivity contribution in [1.29, 1.82) is 0 Å². The molecule has 0 saturated carbocycles. The third-order valence-electron chi connectivity index (χ3n) is 6.31. The number of hydrogen-bond donors (Lipinski definition) is 1. The Labute approximate surface area is 209 Å².